The molecule has 32 heavy (non-hydrogen) atoms. The molecule has 1 aromatic carbocycles. The zero-order valence-corrected chi connectivity index (χ0v) is 20.3. The lowest BCUT2D eigenvalue weighted by atomic mass is 10.1. The van der Waals surface area contributed by atoms with Gasteiger partial charge in [0.15, 0.2) is 5.11 Å². The van der Waals surface area contributed by atoms with Crippen molar-refractivity contribution in [3.8, 4) is 5.75 Å². The van der Waals surface area contributed by atoms with Crippen LogP contribution in [-0.4, -0.2) is 72.4 Å². The predicted molar refractivity (Wildman–Crippen MR) is 134 cm³/mol. The molecule has 1 fully saturated rings. The van der Waals surface area contributed by atoms with Crippen molar-refractivity contribution in [3.63, 3.8) is 0 Å². The van der Waals surface area contributed by atoms with Crippen molar-refractivity contribution in [2.75, 3.05) is 46.4 Å². The Morgan fingerprint density at radius 1 is 1.31 bits per heavy atom. The molecule has 3 rings (SSSR count). The van der Waals surface area contributed by atoms with Crippen LogP contribution < -0.4 is 15.6 Å². The molecule has 1 aliphatic rings. The highest BCUT2D eigenvalue weighted by Crippen LogP contribution is 2.20. The summed E-state index contributed by atoms with van der Waals surface area (Å²) in [7, 11) is 1.64. The maximum atomic E-state index is 12.8. The Kier molecular flexibility index (Phi) is 9.32. The van der Waals surface area contributed by atoms with E-state index in [1.165, 1.54) is 0 Å². The lowest BCUT2D eigenvalue weighted by Crippen LogP contribution is -2.44. The van der Waals surface area contributed by atoms with Crippen LogP contribution in [0.2, 0.25) is 0 Å². The van der Waals surface area contributed by atoms with E-state index in [2.05, 4.69) is 33.9 Å². The Balaban J connectivity index is 1.71. The van der Waals surface area contributed by atoms with Gasteiger partial charge in [-0.05, 0) is 75.4 Å². The van der Waals surface area contributed by atoms with Crippen LogP contribution in [0.15, 0.2) is 29.1 Å². The smallest absolute Gasteiger partial charge is 0.253 e. The number of nitrogens with one attached hydrogen (secondary N) is 2. The van der Waals surface area contributed by atoms with E-state index >= 15 is 0 Å². The van der Waals surface area contributed by atoms with Crippen LogP contribution in [0, 0.1) is 0 Å². The first-order valence-corrected chi connectivity index (χ1v) is 12.0. The monoisotopic (exact) mass is 460 g/mol. The van der Waals surface area contributed by atoms with Gasteiger partial charge in [0.05, 0.1) is 19.8 Å². The second-order valence-electron chi connectivity index (χ2n) is 8.20. The molecule has 1 atom stereocenters. The van der Waals surface area contributed by atoms with Gasteiger partial charge in [0.1, 0.15) is 5.75 Å². The highest BCUT2D eigenvalue weighted by Gasteiger charge is 2.22. The van der Waals surface area contributed by atoms with E-state index in [1.54, 1.807) is 7.11 Å². The molecule has 2 aromatic rings. The summed E-state index contributed by atoms with van der Waals surface area (Å²) in [6, 6.07) is 7.58. The fraction of sp³-hybridized carbons (Fsp3) is 0.583. The average molecular weight is 461 g/mol. The van der Waals surface area contributed by atoms with Crippen molar-refractivity contribution in [1.29, 1.82) is 0 Å². The van der Waals surface area contributed by atoms with Crippen LogP contribution in [0.25, 0.3) is 10.9 Å². The molecule has 0 radical (unpaired) electrons. The highest BCUT2D eigenvalue weighted by molar-refractivity contribution is 7.80. The molecule has 0 amide bonds. The number of rotatable bonds is 11. The Labute approximate surface area is 196 Å². The van der Waals surface area contributed by atoms with E-state index in [-0.39, 0.29) is 11.7 Å². The second kappa shape index (κ2) is 12.2. The first kappa shape index (κ1) is 24.5. The molecule has 0 aliphatic carbocycles. The summed E-state index contributed by atoms with van der Waals surface area (Å²) in [6.07, 6.45) is 3.25. The summed E-state index contributed by atoms with van der Waals surface area (Å²) in [6.45, 7) is 10.2. The molecule has 7 nitrogen and oxygen atoms in total. The van der Waals surface area contributed by atoms with Crippen LogP contribution >= 0.6 is 12.2 Å². The summed E-state index contributed by atoms with van der Waals surface area (Å²) in [5.41, 5.74) is 1.38. The molecular formula is C24H36N4O3S. The molecule has 2 N–H and O–H groups in total. The van der Waals surface area contributed by atoms with Crippen LogP contribution in [0.5, 0.6) is 5.75 Å². The van der Waals surface area contributed by atoms with Crippen LogP contribution in [-0.2, 0) is 11.3 Å². The highest BCUT2D eigenvalue weighted by atomic mass is 32.1. The van der Waals surface area contributed by atoms with Gasteiger partial charge in [0.25, 0.3) is 5.56 Å². The van der Waals surface area contributed by atoms with Crippen LogP contribution in [0.3, 0.4) is 0 Å². The summed E-state index contributed by atoms with van der Waals surface area (Å²) in [4.78, 5) is 20.2. The third-order valence-electron chi connectivity index (χ3n) is 6.05. The molecule has 0 bridgehead atoms. The van der Waals surface area contributed by atoms with Gasteiger partial charge in [0, 0.05) is 36.2 Å². The minimum absolute atomic E-state index is 0.0932. The molecule has 1 unspecified atom stereocenters. The minimum atomic E-state index is -0.0932. The summed E-state index contributed by atoms with van der Waals surface area (Å²) < 4.78 is 11.2. The predicted octanol–water partition coefficient (Wildman–Crippen LogP) is 3.12. The molecule has 1 aromatic heterocycles. The van der Waals surface area contributed by atoms with E-state index in [0.717, 1.165) is 68.7 Å². The molecule has 0 saturated carbocycles. The number of ether oxygens (including phenoxy) is 2. The number of methoxy groups -OCH3 is 1. The number of benzene rings is 1. The van der Waals surface area contributed by atoms with E-state index in [1.807, 2.05) is 24.3 Å². The molecule has 1 saturated heterocycles. The Bertz CT molecular complexity index is 938. The van der Waals surface area contributed by atoms with Gasteiger partial charge in [-0.2, -0.15) is 0 Å². The molecule has 8 heteroatoms. The summed E-state index contributed by atoms with van der Waals surface area (Å²) in [5.74, 6) is 0.761. The number of thiocarbonyl (C=S) groups is 1. The number of nitrogens with zero attached hydrogens (tertiary/aromatic N) is 2. The van der Waals surface area contributed by atoms with Gasteiger partial charge in [-0.25, -0.2) is 0 Å². The Morgan fingerprint density at radius 2 is 2.12 bits per heavy atom. The lowest BCUT2D eigenvalue weighted by Gasteiger charge is -2.28. The normalized spacial score (nSPS) is 15.9. The molecule has 0 spiro atoms. The number of pyridine rings is 1. The van der Waals surface area contributed by atoms with Gasteiger partial charge >= 0.3 is 0 Å². The first-order valence-electron chi connectivity index (χ1n) is 11.6. The number of hydrogen-bond donors (Lipinski definition) is 2. The van der Waals surface area contributed by atoms with Crippen molar-refractivity contribution in [2.45, 2.75) is 45.8 Å². The van der Waals surface area contributed by atoms with Crippen molar-refractivity contribution in [2.24, 2.45) is 0 Å². The van der Waals surface area contributed by atoms with E-state index < -0.39 is 0 Å². The van der Waals surface area contributed by atoms with Gasteiger partial charge in [-0.3, -0.25) is 4.79 Å². The van der Waals surface area contributed by atoms with E-state index in [0.29, 0.717) is 23.8 Å². The fourth-order valence-corrected chi connectivity index (χ4v) is 4.32. The number of H-pyrrole nitrogens is 1. The first-order chi connectivity index (χ1) is 15.5. The summed E-state index contributed by atoms with van der Waals surface area (Å²) >= 11 is 5.74. The van der Waals surface area contributed by atoms with E-state index in [9.17, 15) is 4.79 Å². The lowest BCUT2D eigenvalue weighted by molar-refractivity contribution is 0.0896. The van der Waals surface area contributed by atoms with Gasteiger partial charge in [0.2, 0.25) is 0 Å². The number of aromatic amines is 1. The third-order valence-corrected chi connectivity index (χ3v) is 6.45. The zero-order valence-electron chi connectivity index (χ0n) is 19.5. The maximum Gasteiger partial charge on any atom is 0.253 e. The van der Waals surface area contributed by atoms with Crippen molar-refractivity contribution >= 4 is 28.2 Å². The Morgan fingerprint density at radius 3 is 2.81 bits per heavy atom. The largest absolute Gasteiger partial charge is 0.497 e. The van der Waals surface area contributed by atoms with Gasteiger partial charge in [-0.1, -0.05) is 13.8 Å². The number of hydrogen-bond acceptors (Lipinski definition) is 5. The molecule has 176 valence electrons. The van der Waals surface area contributed by atoms with E-state index in [4.69, 9.17) is 21.7 Å². The van der Waals surface area contributed by atoms with Crippen molar-refractivity contribution in [3.05, 3.63) is 40.2 Å². The Hall–Kier alpha value is -2.16. The van der Waals surface area contributed by atoms with Crippen LogP contribution in [0.4, 0.5) is 0 Å². The standard InChI is InChI=1S/C24H36N4O3S/c1-4-27(5-2)12-7-11-25-24(32)28(17-21-8-6-13-31-21)16-19-14-18-15-20(30-3)9-10-22(18)26-23(19)29/h9-10,14-15,21H,4-8,11-13,16-17H2,1-3H3,(H,25,32)(H,26,29). The fourth-order valence-electron chi connectivity index (χ4n) is 4.08. The maximum absolute atomic E-state index is 12.8. The third kappa shape index (κ3) is 6.67. The topological polar surface area (TPSA) is 69.8 Å². The second-order valence-corrected chi connectivity index (χ2v) is 8.59. The minimum Gasteiger partial charge on any atom is -0.497 e. The van der Waals surface area contributed by atoms with Crippen LogP contribution in [0.1, 0.15) is 38.7 Å². The molecular weight excluding hydrogens is 424 g/mol. The van der Waals surface area contributed by atoms with Crippen molar-refractivity contribution < 1.29 is 9.47 Å². The molecule has 1 aliphatic heterocycles. The van der Waals surface area contributed by atoms with Crippen molar-refractivity contribution in [1.82, 2.24) is 20.1 Å². The zero-order chi connectivity index (χ0) is 22.9. The SMILES string of the molecule is CCN(CC)CCCNC(=S)N(Cc1cc2cc(OC)ccc2[nH]c1=O)CC1CCCO1. The average Bonchev–Trinajstić information content (AvgIpc) is 3.32. The number of aromatic nitrogens is 1. The molecule has 2 heterocycles. The van der Waals surface area contributed by atoms with Gasteiger partial charge in [-0.15, -0.1) is 0 Å². The quantitative estimate of drug-likeness (QED) is 0.394. The van der Waals surface area contributed by atoms with Gasteiger partial charge < -0.3 is 29.6 Å². The summed E-state index contributed by atoms with van der Waals surface area (Å²) in [5, 5.41) is 5.01. The number of fused-ring (bicyclic) bond motifs is 1.